The van der Waals surface area contributed by atoms with E-state index in [1.807, 2.05) is 48.7 Å². The molecule has 0 bridgehead atoms. The summed E-state index contributed by atoms with van der Waals surface area (Å²) >= 11 is 6.11. The molecule has 35 heavy (non-hydrogen) atoms. The smallest absolute Gasteiger partial charge is 0.413 e. The molecule has 0 fully saturated rings. The number of hydrogen-bond donors (Lipinski definition) is 1. The molecule has 11 heteroatoms. The Bertz CT molecular complexity index is 1520. The van der Waals surface area contributed by atoms with E-state index in [9.17, 15) is 4.79 Å². The largest absolute Gasteiger partial charge is 0.444 e. The van der Waals surface area contributed by atoms with Crippen molar-refractivity contribution in [1.29, 1.82) is 0 Å². The quantitative estimate of drug-likeness (QED) is 0.377. The molecule has 10 nitrogen and oxygen atoms in total. The minimum absolute atomic E-state index is 0.357. The summed E-state index contributed by atoms with van der Waals surface area (Å²) in [5.41, 5.74) is 3.20. The van der Waals surface area contributed by atoms with Crippen LogP contribution in [0.1, 0.15) is 20.8 Å². The summed E-state index contributed by atoms with van der Waals surface area (Å²) in [6.45, 7) is 5.40. The summed E-state index contributed by atoms with van der Waals surface area (Å²) in [4.78, 5) is 16.5. The highest BCUT2D eigenvalue weighted by atomic mass is 35.5. The third-order valence-corrected chi connectivity index (χ3v) is 5.17. The number of nitrogens with one attached hydrogen (secondary N) is 1. The van der Waals surface area contributed by atoms with Crippen LogP contribution in [-0.4, -0.2) is 46.3 Å². The van der Waals surface area contributed by atoms with Crippen molar-refractivity contribution in [3.05, 3.63) is 72.3 Å². The van der Waals surface area contributed by atoms with E-state index in [1.54, 1.807) is 42.2 Å². The minimum atomic E-state index is -0.622. The molecule has 1 amide bonds. The molecule has 0 radical (unpaired) electrons. The predicted molar refractivity (Wildman–Crippen MR) is 131 cm³/mol. The van der Waals surface area contributed by atoms with E-state index in [0.717, 1.165) is 16.7 Å². The van der Waals surface area contributed by atoms with Crippen LogP contribution in [0.4, 0.5) is 10.6 Å². The Labute approximate surface area is 205 Å². The molecule has 0 saturated carbocycles. The lowest BCUT2D eigenvalue weighted by Crippen LogP contribution is -2.27. The molecule has 4 heterocycles. The van der Waals surface area contributed by atoms with Gasteiger partial charge >= 0.3 is 6.09 Å². The fourth-order valence-corrected chi connectivity index (χ4v) is 3.56. The Hall–Kier alpha value is -4.31. The number of carbonyl (C=O) groups excluding carboxylic acids is 1. The first kappa shape index (κ1) is 22.5. The van der Waals surface area contributed by atoms with Gasteiger partial charge in [-0.05, 0) is 62.7 Å². The van der Waals surface area contributed by atoms with Gasteiger partial charge in [-0.3, -0.25) is 5.32 Å². The fourth-order valence-electron chi connectivity index (χ4n) is 3.44. The van der Waals surface area contributed by atoms with Crippen LogP contribution < -0.4 is 5.32 Å². The van der Waals surface area contributed by atoms with Gasteiger partial charge < -0.3 is 4.74 Å². The second-order valence-electron chi connectivity index (χ2n) is 8.72. The van der Waals surface area contributed by atoms with Crippen molar-refractivity contribution >= 4 is 29.2 Å². The molecule has 0 saturated heterocycles. The Morgan fingerprint density at radius 2 is 1.83 bits per heavy atom. The van der Waals surface area contributed by atoms with Crippen molar-refractivity contribution in [1.82, 2.24) is 34.6 Å². The third-order valence-electron chi connectivity index (χ3n) is 4.91. The number of rotatable bonds is 4. The van der Waals surface area contributed by atoms with Crippen molar-refractivity contribution in [2.24, 2.45) is 0 Å². The standard InChI is InChI=1S/C24H21ClN8O2/c1-24(2,3)35-23(34)28-19-12-16(10-11-26-19)18-13-32(21-9-8-20-29-27-14-33(20)30-21)31-22(18)15-4-6-17(25)7-5-15/h4-14H,1-3H3,(H,26,28,34). The highest BCUT2D eigenvalue weighted by Crippen LogP contribution is 2.33. The molecule has 0 unspecified atom stereocenters. The maximum Gasteiger partial charge on any atom is 0.413 e. The van der Waals surface area contributed by atoms with E-state index in [-0.39, 0.29) is 0 Å². The number of hydrogen-bond acceptors (Lipinski definition) is 7. The van der Waals surface area contributed by atoms with Crippen LogP contribution in [0.25, 0.3) is 33.8 Å². The number of pyridine rings is 1. The zero-order valence-electron chi connectivity index (χ0n) is 19.2. The van der Waals surface area contributed by atoms with E-state index in [1.165, 1.54) is 6.33 Å². The number of fused-ring (bicyclic) bond motifs is 1. The fraction of sp³-hybridized carbons (Fsp3) is 0.167. The van der Waals surface area contributed by atoms with Crippen molar-refractivity contribution in [2.75, 3.05) is 5.32 Å². The zero-order chi connectivity index (χ0) is 24.6. The highest BCUT2D eigenvalue weighted by Gasteiger charge is 2.19. The van der Waals surface area contributed by atoms with E-state index in [2.05, 4.69) is 25.6 Å². The van der Waals surface area contributed by atoms with Crippen molar-refractivity contribution in [3.63, 3.8) is 0 Å². The molecule has 4 aromatic heterocycles. The van der Waals surface area contributed by atoms with Gasteiger partial charge in [-0.25, -0.2) is 14.5 Å². The van der Waals surface area contributed by atoms with Crippen LogP contribution >= 0.6 is 11.6 Å². The van der Waals surface area contributed by atoms with Gasteiger partial charge in [-0.15, -0.1) is 15.3 Å². The summed E-state index contributed by atoms with van der Waals surface area (Å²) in [6.07, 6.45) is 4.43. The summed E-state index contributed by atoms with van der Waals surface area (Å²) < 4.78 is 8.60. The number of amides is 1. The van der Waals surface area contributed by atoms with Gasteiger partial charge in [-0.1, -0.05) is 23.7 Å². The predicted octanol–water partition coefficient (Wildman–Crippen LogP) is 5.04. The van der Waals surface area contributed by atoms with Gasteiger partial charge in [0.15, 0.2) is 11.5 Å². The SMILES string of the molecule is CC(C)(C)OC(=O)Nc1cc(-c2cn(-c3ccc4nncn4n3)nc2-c2ccc(Cl)cc2)ccn1. The first-order valence-corrected chi connectivity index (χ1v) is 11.1. The molecule has 0 aliphatic rings. The molecular formula is C24H21ClN8O2. The number of aromatic nitrogens is 7. The summed E-state index contributed by atoms with van der Waals surface area (Å²) in [5.74, 6) is 0.940. The molecule has 176 valence electrons. The van der Waals surface area contributed by atoms with E-state index >= 15 is 0 Å². The van der Waals surface area contributed by atoms with Gasteiger partial charge in [0.1, 0.15) is 23.4 Å². The number of benzene rings is 1. The Morgan fingerprint density at radius 1 is 1.03 bits per heavy atom. The Kier molecular flexibility index (Phi) is 5.65. The monoisotopic (exact) mass is 488 g/mol. The molecule has 1 aromatic carbocycles. The number of nitrogens with zero attached hydrogens (tertiary/aromatic N) is 7. The second-order valence-corrected chi connectivity index (χ2v) is 9.16. The van der Waals surface area contributed by atoms with Gasteiger partial charge in [0.05, 0.1) is 0 Å². The van der Waals surface area contributed by atoms with E-state index in [0.29, 0.717) is 28.0 Å². The van der Waals surface area contributed by atoms with E-state index in [4.69, 9.17) is 21.4 Å². The van der Waals surface area contributed by atoms with Gasteiger partial charge in [0, 0.05) is 28.5 Å². The van der Waals surface area contributed by atoms with Crippen LogP contribution in [0.15, 0.2) is 67.3 Å². The second kappa shape index (κ2) is 8.80. The highest BCUT2D eigenvalue weighted by molar-refractivity contribution is 6.30. The van der Waals surface area contributed by atoms with E-state index < -0.39 is 11.7 Å². The lowest BCUT2D eigenvalue weighted by molar-refractivity contribution is 0.0635. The number of ether oxygens (including phenoxy) is 1. The maximum absolute atomic E-state index is 12.2. The minimum Gasteiger partial charge on any atom is -0.444 e. The molecule has 0 aliphatic carbocycles. The number of anilines is 1. The van der Waals surface area contributed by atoms with Crippen molar-refractivity contribution in [2.45, 2.75) is 26.4 Å². The first-order valence-electron chi connectivity index (χ1n) is 10.7. The maximum atomic E-state index is 12.2. The Balaban J connectivity index is 1.57. The Morgan fingerprint density at radius 3 is 2.60 bits per heavy atom. The number of halogens is 1. The molecule has 0 spiro atoms. The molecule has 1 N–H and O–H groups in total. The molecular weight excluding hydrogens is 468 g/mol. The summed E-state index contributed by atoms with van der Waals surface area (Å²) in [6, 6.07) is 14.7. The van der Waals surface area contributed by atoms with Crippen LogP contribution in [0.5, 0.6) is 0 Å². The van der Waals surface area contributed by atoms with Crippen molar-refractivity contribution in [3.8, 4) is 28.2 Å². The van der Waals surface area contributed by atoms with Gasteiger partial charge in [0.2, 0.25) is 0 Å². The molecule has 0 atom stereocenters. The van der Waals surface area contributed by atoms with Crippen LogP contribution in [-0.2, 0) is 4.74 Å². The summed E-state index contributed by atoms with van der Waals surface area (Å²) in [7, 11) is 0. The lowest BCUT2D eigenvalue weighted by Gasteiger charge is -2.19. The van der Waals surface area contributed by atoms with Crippen molar-refractivity contribution < 1.29 is 9.53 Å². The van der Waals surface area contributed by atoms with Gasteiger partial charge in [0.25, 0.3) is 0 Å². The average Bonchev–Trinajstić information content (AvgIpc) is 3.45. The molecule has 5 rings (SSSR count). The topological polar surface area (TPSA) is 112 Å². The summed E-state index contributed by atoms with van der Waals surface area (Å²) in [5, 5.41) is 20.5. The van der Waals surface area contributed by atoms with Gasteiger partial charge in [-0.2, -0.15) is 9.61 Å². The first-order chi connectivity index (χ1) is 16.7. The zero-order valence-corrected chi connectivity index (χ0v) is 19.9. The molecule has 5 aromatic rings. The number of carbonyl (C=O) groups is 1. The van der Waals surface area contributed by atoms with Crippen LogP contribution in [0.2, 0.25) is 5.02 Å². The van der Waals surface area contributed by atoms with Crippen LogP contribution in [0.3, 0.4) is 0 Å². The van der Waals surface area contributed by atoms with Crippen LogP contribution in [0, 0.1) is 0 Å². The third kappa shape index (κ3) is 4.97. The average molecular weight is 489 g/mol. The molecule has 0 aliphatic heterocycles. The normalized spacial score (nSPS) is 11.5. The lowest BCUT2D eigenvalue weighted by atomic mass is 10.0.